The lowest BCUT2D eigenvalue weighted by atomic mass is 10.1. The normalized spacial score (nSPS) is 15.0. The molecule has 2 aromatic carbocycles. The van der Waals surface area contributed by atoms with Gasteiger partial charge in [-0.15, -0.1) is 0 Å². The second-order valence-corrected chi connectivity index (χ2v) is 6.60. The van der Waals surface area contributed by atoms with Crippen molar-refractivity contribution < 1.29 is 33.1 Å². The molecular weight excluding hydrogens is 416 g/mol. The Kier molecular flexibility index (Phi) is 5.54. The Hall–Kier alpha value is -4.66. The van der Waals surface area contributed by atoms with E-state index in [2.05, 4.69) is 5.32 Å². The molecule has 1 aliphatic heterocycles. The van der Waals surface area contributed by atoms with Gasteiger partial charge < -0.3 is 13.9 Å². The van der Waals surface area contributed by atoms with Crippen molar-refractivity contribution in [2.75, 3.05) is 12.0 Å². The number of hydrogen-bond acceptors (Lipinski definition) is 7. The Morgan fingerprint density at radius 2 is 1.78 bits per heavy atom. The molecular formula is C23H16N2O7. The Bertz CT molecular complexity index is 1230. The fraction of sp³-hybridized carbons (Fsp3) is 0.0435. The number of nitrogens with one attached hydrogen (secondary N) is 1. The topological polar surface area (TPSA) is 115 Å². The van der Waals surface area contributed by atoms with Gasteiger partial charge in [0.2, 0.25) is 5.76 Å². The molecule has 1 aliphatic rings. The minimum Gasteiger partial charge on any atom is -0.497 e. The van der Waals surface area contributed by atoms with Crippen LogP contribution in [0.15, 0.2) is 76.9 Å². The summed E-state index contributed by atoms with van der Waals surface area (Å²) in [6.45, 7) is 0. The molecule has 4 rings (SSSR count). The van der Waals surface area contributed by atoms with Gasteiger partial charge in [0.15, 0.2) is 0 Å². The maximum absolute atomic E-state index is 13.0. The van der Waals surface area contributed by atoms with Crippen molar-refractivity contribution >= 4 is 35.6 Å². The van der Waals surface area contributed by atoms with Gasteiger partial charge in [-0.1, -0.05) is 12.1 Å². The largest absolute Gasteiger partial charge is 0.497 e. The zero-order valence-corrected chi connectivity index (χ0v) is 16.7. The Morgan fingerprint density at radius 1 is 1.00 bits per heavy atom. The van der Waals surface area contributed by atoms with Crippen LogP contribution in [0.4, 0.5) is 10.5 Å². The highest BCUT2D eigenvalue weighted by atomic mass is 16.5. The highest BCUT2D eigenvalue weighted by Crippen LogP contribution is 2.25. The molecule has 0 radical (unpaired) electrons. The van der Waals surface area contributed by atoms with Crippen LogP contribution in [0.5, 0.6) is 11.5 Å². The molecule has 1 fully saturated rings. The number of esters is 1. The Morgan fingerprint density at radius 3 is 2.47 bits per heavy atom. The average Bonchev–Trinajstić information content (AvgIpc) is 3.32. The number of carbonyl (C=O) groups is 4. The fourth-order valence-electron chi connectivity index (χ4n) is 3.01. The molecule has 0 bridgehead atoms. The predicted molar refractivity (Wildman–Crippen MR) is 112 cm³/mol. The Labute approximate surface area is 181 Å². The summed E-state index contributed by atoms with van der Waals surface area (Å²) in [7, 11) is 1.49. The third kappa shape index (κ3) is 4.12. The van der Waals surface area contributed by atoms with Crippen LogP contribution in [0.2, 0.25) is 0 Å². The van der Waals surface area contributed by atoms with Crippen LogP contribution in [-0.4, -0.2) is 30.9 Å². The monoisotopic (exact) mass is 432 g/mol. The van der Waals surface area contributed by atoms with Gasteiger partial charge in [0.05, 0.1) is 19.1 Å². The molecule has 9 nitrogen and oxygen atoms in total. The number of rotatable bonds is 5. The van der Waals surface area contributed by atoms with E-state index in [1.807, 2.05) is 0 Å². The minimum atomic E-state index is -0.858. The second-order valence-electron chi connectivity index (χ2n) is 6.60. The summed E-state index contributed by atoms with van der Waals surface area (Å²) in [5, 5.41) is 2.15. The molecule has 0 atom stereocenters. The molecule has 32 heavy (non-hydrogen) atoms. The van der Waals surface area contributed by atoms with E-state index in [1.165, 1.54) is 43.7 Å². The lowest BCUT2D eigenvalue weighted by Gasteiger charge is -2.26. The van der Waals surface area contributed by atoms with E-state index in [0.717, 1.165) is 4.90 Å². The molecule has 2 heterocycles. The molecule has 0 spiro atoms. The van der Waals surface area contributed by atoms with Gasteiger partial charge in [0.1, 0.15) is 17.1 Å². The second kappa shape index (κ2) is 8.60. The number of methoxy groups -OCH3 is 1. The summed E-state index contributed by atoms with van der Waals surface area (Å²) >= 11 is 0. The summed E-state index contributed by atoms with van der Waals surface area (Å²) in [4.78, 5) is 50.5. The van der Waals surface area contributed by atoms with Gasteiger partial charge in [0, 0.05) is 0 Å². The zero-order valence-electron chi connectivity index (χ0n) is 16.7. The van der Waals surface area contributed by atoms with E-state index in [9.17, 15) is 19.2 Å². The first kappa shape index (κ1) is 20.6. The van der Waals surface area contributed by atoms with E-state index in [-0.39, 0.29) is 22.8 Å². The SMILES string of the molecule is COc1ccc(N2C(=O)NC(=O)C(=Cc3cccc(OC(=O)c4ccco4)c3)C2=O)cc1. The van der Waals surface area contributed by atoms with Gasteiger partial charge >= 0.3 is 12.0 Å². The number of furan rings is 1. The maximum Gasteiger partial charge on any atom is 0.379 e. The summed E-state index contributed by atoms with van der Waals surface area (Å²) in [5.74, 6) is -1.55. The van der Waals surface area contributed by atoms with Crippen molar-refractivity contribution in [3.05, 3.63) is 83.8 Å². The van der Waals surface area contributed by atoms with Crippen molar-refractivity contribution in [3.8, 4) is 11.5 Å². The van der Waals surface area contributed by atoms with E-state index >= 15 is 0 Å². The van der Waals surface area contributed by atoms with Gasteiger partial charge in [-0.25, -0.2) is 14.5 Å². The number of urea groups is 1. The van der Waals surface area contributed by atoms with Gasteiger partial charge in [0.25, 0.3) is 11.8 Å². The molecule has 0 aliphatic carbocycles. The van der Waals surface area contributed by atoms with E-state index in [4.69, 9.17) is 13.9 Å². The molecule has 160 valence electrons. The summed E-state index contributed by atoms with van der Waals surface area (Å²) in [6, 6.07) is 14.6. The quantitative estimate of drug-likeness (QED) is 0.285. The van der Waals surface area contributed by atoms with Crippen molar-refractivity contribution in [2.24, 2.45) is 0 Å². The molecule has 3 aromatic rings. The molecule has 0 unspecified atom stereocenters. The van der Waals surface area contributed by atoms with Gasteiger partial charge in [-0.3, -0.25) is 14.9 Å². The van der Waals surface area contributed by atoms with Gasteiger partial charge in [-0.2, -0.15) is 0 Å². The molecule has 1 N–H and O–H groups in total. The van der Waals surface area contributed by atoms with Crippen LogP contribution in [0.1, 0.15) is 16.1 Å². The molecule has 1 saturated heterocycles. The number of anilines is 1. The van der Waals surface area contributed by atoms with Crippen LogP contribution in [0.3, 0.4) is 0 Å². The third-order valence-electron chi connectivity index (χ3n) is 4.53. The number of nitrogens with zero attached hydrogens (tertiary/aromatic N) is 1. The molecule has 1 aromatic heterocycles. The highest BCUT2D eigenvalue weighted by Gasteiger charge is 2.36. The lowest BCUT2D eigenvalue weighted by Crippen LogP contribution is -2.54. The molecule has 4 amide bonds. The van der Waals surface area contributed by atoms with Crippen LogP contribution < -0.4 is 19.7 Å². The Balaban J connectivity index is 1.60. The van der Waals surface area contributed by atoms with Crippen LogP contribution in [0.25, 0.3) is 6.08 Å². The van der Waals surface area contributed by atoms with Crippen LogP contribution in [-0.2, 0) is 9.59 Å². The number of barbiturate groups is 1. The summed E-state index contributed by atoms with van der Waals surface area (Å²) in [5.41, 5.74) is 0.431. The van der Waals surface area contributed by atoms with E-state index in [1.54, 1.807) is 36.4 Å². The maximum atomic E-state index is 13.0. The number of amides is 4. The average molecular weight is 432 g/mol. The summed E-state index contributed by atoms with van der Waals surface area (Å²) < 4.78 is 15.3. The smallest absolute Gasteiger partial charge is 0.379 e. The highest BCUT2D eigenvalue weighted by molar-refractivity contribution is 6.39. The number of imide groups is 2. The zero-order chi connectivity index (χ0) is 22.7. The van der Waals surface area contributed by atoms with Crippen LogP contribution >= 0.6 is 0 Å². The molecule has 0 saturated carbocycles. The lowest BCUT2D eigenvalue weighted by molar-refractivity contribution is -0.122. The van der Waals surface area contributed by atoms with Crippen LogP contribution in [0, 0.1) is 0 Å². The first-order chi connectivity index (χ1) is 15.5. The standard InChI is InChI=1S/C23H16N2O7/c1-30-16-9-7-15(8-10-16)25-21(27)18(20(26)24-23(25)29)13-14-4-2-5-17(12-14)32-22(28)19-6-3-11-31-19/h2-13H,1H3,(H,24,26,29). The van der Waals surface area contributed by atoms with E-state index < -0.39 is 23.8 Å². The number of ether oxygens (including phenoxy) is 2. The number of carbonyl (C=O) groups excluding carboxylic acids is 4. The minimum absolute atomic E-state index is 0.0317. The van der Waals surface area contributed by atoms with E-state index in [0.29, 0.717) is 11.3 Å². The summed E-state index contributed by atoms with van der Waals surface area (Å²) in [6.07, 6.45) is 2.66. The first-order valence-corrected chi connectivity index (χ1v) is 9.37. The fourth-order valence-corrected chi connectivity index (χ4v) is 3.01. The predicted octanol–water partition coefficient (Wildman–Crippen LogP) is 3.17. The number of hydrogen-bond donors (Lipinski definition) is 1. The van der Waals surface area contributed by atoms with Crippen molar-refractivity contribution in [1.82, 2.24) is 5.32 Å². The number of benzene rings is 2. The van der Waals surface area contributed by atoms with Crippen molar-refractivity contribution in [1.29, 1.82) is 0 Å². The van der Waals surface area contributed by atoms with Gasteiger partial charge in [-0.05, 0) is 60.2 Å². The third-order valence-corrected chi connectivity index (χ3v) is 4.53. The van der Waals surface area contributed by atoms with Crippen molar-refractivity contribution in [2.45, 2.75) is 0 Å². The van der Waals surface area contributed by atoms with Crippen molar-refractivity contribution in [3.63, 3.8) is 0 Å². The molecule has 9 heteroatoms. The first-order valence-electron chi connectivity index (χ1n) is 9.37.